The first-order valence-electron chi connectivity index (χ1n) is 5.46. The third-order valence-electron chi connectivity index (χ3n) is 2.24. The van der Waals surface area contributed by atoms with E-state index in [0.29, 0.717) is 0 Å². The SMILES string of the molecule is CCCCOCCn1ccnc1CC. The van der Waals surface area contributed by atoms with Crippen molar-refractivity contribution in [1.29, 1.82) is 0 Å². The summed E-state index contributed by atoms with van der Waals surface area (Å²) < 4.78 is 7.66. The molecule has 0 aliphatic rings. The van der Waals surface area contributed by atoms with Gasteiger partial charge < -0.3 is 9.30 Å². The Balaban J connectivity index is 2.17. The van der Waals surface area contributed by atoms with Gasteiger partial charge in [-0.1, -0.05) is 20.3 Å². The number of hydrogen-bond donors (Lipinski definition) is 0. The fourth-order valence-electron chi connectivity index (χ4n) is 1.37. The van der Waals surface area contributed by atoms with Gasteiger partial charge in [-0.2, -0.15) is 0 Å². The van der Waals surface area contributed by atoms with E-state index in [1.54, 1.807) is 0 Å². The molecule has 0 aliphatic heterocycles. The molecule has 0 aliphatic carbocycles. The minimum absolute atomic E-state index is 0.795. The highest BCUT2D eigenvalue weighted by Gasteiger charge is 1.98. The van der Waals surface area contributed by atoms with Gasteiger partial charge in [0.25, 0.3) is 0 Å². The summed E-state index contributed by atoms with van der Waals surface area (Å²) in [5.74, 6) is 1.14. The number of nitrogens with zero attached hydrogens (tertiary/aromatic N) is 2. The monoisotopic (exact) mass is 196 g/mol. The molecule has 0 amide bonds. The van der Waals surface area contributed by atoms with E-state index in [9.17, 15) is 0 Å². The van der Waals surface area contributed by atoms with Gasteiger partial charge in [0.2, 0.25) is 0 Å². The molecular weight excluding hydrogens is 176 g/mol. The van der Waals surface area contributed by atoms with E-state index in [1.807, 2.05) is 12.4 Å². The van der Waals surface area contributed by atoms with E-state index >= 15 is 0 Å². The quantitative estimate of drug-likeness (QED) is 0.625. The minimum Gasteiger partial charge on any atom is -0.380 e. The van der Waals surface area contributed by atoms with Crippen molar-refractivity contribution in [3.8, 4) is 0 Å². The number of aryl methyl sites for hydroxylation is 1. The van der Waals surface area contributed by atoms with E-state index in [0.717, 1.165) is 38.4 Å². The average molecular weight is 196 g/mol. The van der Waals surface area contributed by atoms with Crippen LogP contribution in [0.4, 0.5) is 0 Å². The van der Waals surface area contributed by atoms with E-state index < -0.39 is 0 Å². The van der Waals surface area contributed by atoms with Crippen LogP contribution in [0.25, 0.3) is 0 Å². The third-order valence-corrected chi connectivity index (χ3v) is 2.24. The summed E-state index contributed by atoms with van der Waals surface area (Å²) in [5.41, 5.74) is 0. The van der Waals surface area contributed by atoms with Crippen LogP contribution in [0.2, 0.25) is 0 Å². The minimum atomic E-state index is 0.795. The predicted molar refractivity (Wildman–Crippen MR) is 57.3 cm³/mol. The van der Waals surface area contributed by atoms with Crippen molar-refractivity contribution in [3.63, 3.8) is 0 Å². The maximum atomic E-state index is 5.50. The zero-order chi connectivity index (χ0) is 10.2. The lowest BCUT2D eigenvalue weighted by atomic mass is 10.4. The number of imidazole rings is 1. The van der Waals surface area contributed by atoms with E-state index in [4.69, 9.17) is 4.74 Å². The van der Waals surface area contributed by atoms with Crippen molar-refractivity contribution in [2.24, 2.45) is 0 Å². The van der Waals surface area contributed by atoms with Crippen LogP contribution in [-0.2, 0) is 17.7 Å². The van der Waals surface area contributed by atoms with E-state index in [2.05, 4.69) is 23.4 Å². The fraction of sp³-hybridized carbons (Fsp3) is 0.727. The molecule has 0 saturated heterocycles. The first kappa shape index (κ1) is 11.2. The molecule has 0 saturated carbocycles. The van der Waals surface area contributed by atoms with Gasteiger partial charge in [0, 0.05) is 32.0 Å². The molecule has 14 heavy (non-hydrogen) atoms. The van der Waals surface area contributed by atoms with Gasteiger partial charge in [-0.3, -0.25) is 0 Å². The Hall–Kier alpha value is -0.830. The maximum Gasteiger partial charge on any atom is 0.108 e. The van der Waals surface area contributed by atoms with Gasteiger partial charge in [-0.05, 0) is 6.42 Å². The second-order valence-corrected chi connectivity index (χ2v) is 3.36. The molecule has 3 heteroatoms. The van der Waals surface area contributed by atoms with Gasteiger partial charge >= 0.3 is 0 Å². The third kappa shape index (κ3) is 3.50. The summed E-state index contributed by atoms with van der Waals surface area (Å²) in [4.78, 5) is 4.26. The van der Waals surface area contributed by atoms with Crippen molar-refractivity contribution in [3.05, 3.63) is 18.2 Å². The molecule has 0 radical (unpaired) electrons. The van der Waals surface area contributed by atoms with Crippen LogP contribution >= 0.6 is 0 Å². The number of aromatic nitrogens is 2. The molecule has 0 aromatic carbocycles. The summed E-state index contributed by atoms with van der Waals surface area (Å²) >= 11 is 0. The second kappa shape index (κ2) is 6.60. The first-order chi connectivity index (χ1) is 6.88. The standard InChI is InChI=1S/C11H20N2O/c1-3-5-9-14-10-8-13-7-6-12-11(13)4-2/h6-7H,3-5,8-10H2,1-2H3. The molecule has 1 aromatic rings. The van der Waals surface area contributed by atoms with Crippen molar-refractivity contribution >= 4 is 0 Å². The Bertz CT molecular complexity index is 245. The summed E-state index contributed by atoms with van der Waals surface area (Å²) in [6.07, 6.45) is 7.21. The largest absolute Gasteiger partial charge is 0.380 e. The van der Waals surface area contributed by atoms with Gasteiger partial charge in [-0.25, -0.2) is 4.98 Å². The van der Waals surface area contributed by atoms with Crippen molar-refractivity contribution in [2.45, 2.75) is 39.7 Å². The Kier molecular flexibility index (Phi) is 5.30. The average Bonchev–Trinajstić information content (AvgIpc) is 2.65. The molecule has 3 nitrogen and oxygen atoms in total. The van der Waals surface area contributed by atoms with Gasteiger partial charge in [0.05, 0.1) is 6.61 Å². The smallest absolute Gasteiger partial charge is 0.108 e. The summed E-state index contributed by atoms with van der Waals surface area (Å²) in [7, 11) is 0. The Morgan fingerprint density at radius 2 is 2.21 bits per heavy atom. The first-order valence-corrected chi connectivity index (χ1v) is 5.46. The molecular formula is C11H20N2O. The number of hydrogen-bond acceptors (Lipinski definition) is 2. The zero-order valence-electron chi connectivity index (χ0n) is 9.20. The van der Waals surface area contributed by atoms with Crippen molar-refractivity contribution in [1.82, 2.24) is 9.55 Å². The molecule has 0 spiro atoms. The highest BCUT2D eigenvalue weighted by atomic mass is 16.5. The molecule has 0 atom stereocenters. The lowest BCUT2D eigenvalue weighted by molar-refractivity contribution is 0.123. The molecule has 1 rings (SSSR count). The van der Waals surface area contributed by atoms with Crippen LogP contribution in [0.1, 0.15) is 32.5 Å². The fourth-order valence-corrected chi connectivity index (χ4v) is 1.37. The zero-order valence-corrected chi connectivity index (χ0v) is 9.20. The number of ether oxygens (including phenoxy) is 1. The van der Waals surface area contributed by atoms with Crippen molar-refractivity contribution < 1.29 is 4.74 Å². The Labute approximate surface area is 86.1 Å². The molecule has 1 aromatic heterocycles. The van der Waals surface area contributed by atoms with Crippen LogP contribution in [0.3, 0.4) is 0 Å². The van der Waals surface area contributed by atoms with Crippen molar-refractivity contribution in [2.75, 3.05) is 13.2 Å². The van der Waals surface area contributed by atoms with Crippen LogP contribution in [0.5, 0.6) is 0 Å². The van der Waals surface area contributed by atoms with Gasteiger partial charge in [0.1, 0.15) is 5.82 Å². The normalized spacial score (nSPS) is 10.7. The highest BCUT2D eigenvalue weighted by Crippen LogP contribution is 1.98. The second-order valence-electron chi connectivity index (χ2n) is 3.36. The number of rotatable bonds is 7. The van der Waals surface area contributed by atoms with Crippen LogP contribution in [-0.4, -0.2) is 22.8 Å². The molecule has 0 N–H and O–H groups in total. The predicted octanol–water partition coefficient (Wildman–Crippen LogP) is 2.26. The summed E-state index contributed by atoms with van der Waals surface area (Å²) in [6, 6.07) is 0. The summed E-state index contributed by atoms with van der Waals surface area (Å²) in [6.45, 7) is 6.90. The van der Waals surface area contributed by atoms with Crippen LogP contribution < -0.4 is 0 Å². The van der Waals surface area contributed by atoms with Gasteiger partial charge in [-0.15, -0.1) is 0 Å². The topological polar surface area (TPSA) is 27.1 Å². The van der Waals surface area contributed by atoms with Gasteiger partial charge in [0.15, 0.2) is 0 Å². The molecule has 0 fully saturated rings. The molecule has 80 valence electrons. The van der Waals surface area contributed by atoms with E-state index in [1.165, 1.54) is 6.42 Å². The Morgan fingerprint density at radius 1 is 1.36 bits per heavy atom. The van der Waals surface area contributed by atoms with Crippen LogP contribution in [0.15, 0.2) is 12.4 Å². The highest BCUT2D eigenvalue weighted by molar-refractivity contribution is 4.91. The molecule has 0 bridgehead atoms. The Morgan fingerprint density at radius 3 is 2.93 bits per heavy atom. The van der Waals surface area contributed by atoms with E-state index in [-0.39, 0.29) is 0 Å². The number of unbranched alkanes of at least 4 members (excludes halogenated alkanes) is 1. The maximum absolute atomic E-state index is 5.50. The molecule has 0 unspecified atom stereocenters. The lowest BCUT2D eigenvalue weighted by Gasteiger charge is -2.06. The molecule has 1 heterocycles. The lowest BCUT2D eigenvalue weighted by Crippen LogP contribution is -2.08. The summed E-state index contributed by atoms with van der Waals surface area (Å²) in [5, 5.41) is 0. The van der Waals surface area contributed by atoms with Crippen LogP contribution in [0, 0.1) is 0 Å².